The van der Waals surface area contributed by atoms with Crippen LogP contribution < -0.4 is 4.74 Å². The zero-order valence-electron chi connectivity index (χ0n) is 10.2. The molecule has 0 aliphatic rings. The van der Waals surface area contributed by atoms with Gasteiger partial charge in [-0.15, -0.1) is 0 Å². The number of ether oxygens (including phenoxy) is 1. The first-order valence-electron chi connectivity index (χ1n) is 6.03. The molecule has 0 saturated heterocycles. The first kappa shape index (κ1) is 12.0. The van der Waals surface area contributed by atoms with Gasteiger partial charge in [-0.25, -0.2) is 0 Å². The highest BCUT2D eigenvalue weighted by Gasteiger charge is 2.05. The molecule has 0 N–H and O–H groups in total. The summed E-state index contributed by atoms with van der Waals surface area (Å²) in [6, 6.07) is 15.6. The summed E-state index contributed by atoms with van der Waals surface area (Å²) < 4.78 is 5.86. The Bertz CT molecular complexity index is 697. The second-order valence-electron chi connectivity index (χ2n) is 4.24. The van der Waals surface area contributed by atoms with E-state index in [1.165, 1.54) is 0 Å². The van der Waals surface area contributed by atoms with Gasteiger partial charge >= 0.3 is 0 Å². The Morgan fingerprint density at radius 3 is 2.58 bits per heavy atom. The predicted molar refractivity (Wildman–Crippen MR) is 77.5 cm³/mol. The van der Waals surface area contributed by atoms with Gasteiger partial charge < -0.3 is 4.74 Å². The normalized spacial score (nSPS) is 10.6. The Kier molecular flexibility index (Phi) is 3.34. The maximum atomic E-state index is 6.18. The molecule has 0 bridgehead atoms. The second-order valence-corrected chi connectivity index (χ2v) is 4.65. The zero-order chi connectivity index (χ0) is 13.1. The molecule has 0 saturated carbocycles. The molecule has 94 valence electrons. The van der Waals surface area contributed by atoms with Gasteiger partial charge in [-0.3, -0.25) is 4.98 Å². The van der Waals surface area contributed by atoms with Gasteiger partial charge in [-0.1, -0.05) is 41.9 Å². The van der Waals surface area contributed by atoms with Crippen LogP contribution in [0, 0.1) is 0 Å². The Labute approximate surface area is 116 Å². The van der Waals surface area contributed by atoms with Crippen LogP contribution >= 0.6 is 11.6 Å². The zero-order valence-corrected chi connectivity index (χ0v) is 11.0. The lowest BCUT2D eigenvalue weighted by molar-refractivity contribution is 0.309. The minimum absolute atomic E-state index is 0.499. The summed E-state index contributed by atoms with van der Waals surface area (Å²) in [4.78, 5) is 4.07. The molecule has 0 spiro atoms. The highest BCUT2D eigenvalue weighted by Crippen LogP contribution is 2.31. The molecule has 0 atom stereocenters. The van der Waals surface area contributed by atoms with Gasteiger partial charge in [0.25, 0.3) is 0 Å². The fourth-order valence-corrected chi connectivity index (χ4v) is 2.23. The monoisotopic (exact) mass is 269 g/mol. The fraction of sp³-hybridized carbons (Fsp3) is 0.0625. The summed E-state index contributed by atoms with van der Waals surface area (Å²) in [5.74, 6) is 0.837. The summed E-state index contributed by atoms with van der Waals surface area (Å²) in [5.41, 5.74) is 1.04. The van der Waals surface area contributed by atoms with Crippen molar-refractivity contribution in [1.82, 2.24) is 4.98 Å². The molecule has 19 heavy (non-hydrogen) atoms. The first-order chi connectivity index (χ1) is 9.34. The molecule has 0 aliphatic carbocycles. The largest absolute Gasteiger partial charge is 0.488 e. The third kappa shape index (κ3) is 2.54. The van der Waals surface area contributed by atoms with Crippen LogP contribution in [0.25, 0.3) is 10.8 Å². The number of pyridine rings is 1. The number of nitrogens with zero attached hydrogens (tertiary/aromatic N) is 1. The topological polar surface area (TPSA) is 22.1 Å². The van der Waals surface area contributed by atoms with Crippen molar-refractivity contribution >= 4 is 22.4 Å². The number of aromatic nitrogens is 1. The summed E-state index contributed by atoms with van der Waals surface area (Å²) >= 11 is 6.18. The van der Waals surface area contributed by atoms with Gasteiger partial charge in [0.2, 0.25) is 0 Å². The molecule has 0 unspecified atom stereocenters. The molecule has 2 nitrogen and oxygen atoms in total. The van der Waals surface area contributed by atoms with Crippen LogP contribution in [0.5, 0.6) is 5.75 Å². The molecule has 0 radical (unpaired) electrons. The molecule has 0 amide bonds. The molecule has 0 fully saturated rings. The van der Waals surface area contributed by atoms with E-state index in [4.69, 9.17) is 16.3 Å². The SMILES string of the molecule is Clc1ccc(OCc2cccnc2)c2ccccc12. The summed E-state index contributed by atoms with van der Waals surface area (Å²) in [6.45, 7) is 0.499. The van der Waals surface area contributed by atoms with Crippen molar-refractivity contribution in [3.8, 4) is 5.75 Å². The average Bonchev–Trinajstić information content (AvgIpc) is 2.48. The van der Waals surface area contributed by atoms with Gasteiger partial charge in [0, 0.05) is 33.8 Å². The van der Waals surface area contributed by atoms with Crippen molar-refractivity contribution in [2.24, 2.45) is 0 Å². The third-order valence-corrected chi connectivity index (χ3v) is 3.28. The Balaban J connectivity index is 1.91. The molecule has 2 aromatic carbocycles. The number of halogens is 1. The van der Waals surface area contributed by atoms with E-state index in [2.05, 4.69) is 4.98 Å². The Morgan fingerprint density at radius 2 is 1.79 bits per heavy atom. The van der Waals surface area contributed by atoms with Crippen LogP contribution in [-0.4, -0.2) is 4.98 Å². The summed E-state index contributed by atoms with van der Waals surface area (Å²) in [7, 11) is 0. The van der Waals surface area contributed by atoms with E-state index in [1.54, 1.807) is 12.4 Å². The lowest BCUT2D eigenvalue weighted by atomic mass is 10.1. The van der Waals surface area contributed by atoms with Crippen LogP contribution in [0.3, 0.4) is 0 Å². The number of hydrogen-bond donors (Lipinski definition) is 0. The van der Waals surface area contributed by atoms with Gasteiger partial charge in [0.1, 0.15) is 12.4 Å². The molecular formula is C16H12ClNO. The maximum Gasteiger partial charge on any atom is 0.127 e. The highest BCUT2D eigenvalue weighted by atomic mass is 35.5. The fourth-order valence-electron chi connectivity index (χ4n) is 2.01. The Morgan fingerprint density at radius 1 is 0.947 bits per heavy atom. The smallest absolute Gasteiger partial charge is 0.127 e. The van der Waals surface area contributed by atoms with Crippen LogP contribution in [-0.2, 0) is 6.61 Å². The van der Waals surface area contributed by atoms with Crippen molar-refractivity contribution in [2.45, 2.75) is 6.61 Å². The Hall–Kier alpha value is -2.06. The van der Waals surface area contributed by atoms with Crippen molar-refractivity contribution in [2.75, 3.05) is 0 Å². The average molecular weight is 270 g/mol. The minimum Gasteiger partial charge on any atom is -0.488 e. The molecule has 1 heterocycles. The van der Waals surface area contributed by atoms with Crippen molar-refractivity contribution in [1.29, 1.82) is 0 Å². The van der Waals surface area contributed by atoms with E-state index < -0.39 is 0 Å². The van der Waals surface area contributed by atoms with Gasteiger partial charge in [-0.05, 0) is 18.2 Å². The number of benzene rings is 2. The van der Waals surface area contributed by atoms with E-state index in [0.29, 0.717) is 6.61 Å². The molecular weight excluding hydrogens is 258 g/mol. The first-order valence-corrected chi connectivity index (χ1v) is 6.41. The van der Waals surface area contributed by atoms with Crippen molar-refractivity contribution in [3.63, 3.8) is 0 Å². The molecule has 3 rings (SSSR count). The van der Waals surface area contributed by atoms with Crippen molar-refractivity contribution < 1.29 is 4.74 Å². The maximum absolute atomic E-state index is 6.18. The van der Waals surface area contributed by atoms with Gasteiger partial charge in [0.05, 0.1) is 0 Å². The molecule has 3 heteroatoms. The van der Waals surface area contributed by atoms with E-state index in [0.717, 1.165) is 27.1 Å². The van der Waals surface area contributed by atoms with E-state index in [9.17, 15) is 0 Å². The van der Waals surface area contributed by atoms with Crippen LogP contribution in [0.4, 0.5) is 0 Å². The van der Waals surface area contributed by atoms with Crippen LogP contribution in [0.15, 0.2) is 60.9 Å². The second kappa shape index (κ2) is 5.29. The third-order valence-electron chi connectivity index (χ3n) is 2.95. The highest BCUT2D eigenvalue weighted by molar-refractivity contribution is 6.35. The van der Waals surface area contributed by atoms with E-state index in [-0.39, 0.29) is 0 Å². The van der Waals surface area contributed by atoms with Gasteiger partial charge in [0.15, 0.2) is 0 Å². The molecule has 0 aliphatic heterocycles. The molecule has 1 aromatic heterocycles. The lowest BCUT2D eigenvalue weighted by Crippen LogP contribution is -1.96. The number of fused-ring (bicyclic) bond motifs is 1. The van der Waals surface area contributed by atoms with Crippen LogP contribution in [0.1, 0.15) is 5.56 Å². The lowest BCUT2D eigenvalue weighted by Gasteiger charge is -2.10. The minimum atomic E-state index is 0.499. The molecule has 3 aromatic rings. The van der Waals surface area contributed by atoms with Gasteiger partial charge in [-0.2, -0.15) is 0 Å². The number of hydrogen-bond acceptors (Lipinski definition) is 2. The van der Waals surface area contributed by atoms with E-state index in [1.807, 2.05) is 48.5 Å². The number of rotatable bonds is 3. The summed E-state index contributed by atoms with van der Waals surface area (Å²) in [6.07, 6.45) is 3.55. The summed E-state index contributed by atoms with van der Waals surface area (Å²) in [5, 5.41) is 2.77. The van der Waals surface area contributed by atoms with Crippen LogP contribution in [0.2, 0.25) is 5.02 Å². The quantitative estimate of drug-likeness (QED) is 0.700. The predicted octanol–water partition coefficient (Wildman–Crippen LogP) is 4.47. The van der Waals surface area contributed by atoms with Crippen molar-refractivity contribution in [3.05, 3.63) is 71.5 Å². The van der Waals surface area contributed by atoms with E-state index >= 15 is 0 Å². The standard InChI is InChI=1S/C16H12ClNO/c17-15-7-8-16(14-6-2-1-5-13(14)15)19-11-12-4-3-9-18-10-12/h1-10H,11H2.